The Morgan fingerprint density at radius 2 is 1.95 bits per heavy atom. The Kier molecular flexibility index (Phi) is 4.95. The fourth-order valence-corrected chi connectivity index (χ4v) is 1.27. The summed E-state index contributed by atoms with van der Waals surface area (Å²) in [5, 5.41) is 0. The number of hydrogen-bond acceptors (Lipinski definition) is 5. The molecule has 1 aromatic rings. The minimum atomic E-state index is -5.06. The van der Waals surface area contributed by atoms with Crippen LogP contribution in [0.25, 0.3) is 0 Å². The number of ether oxygens (including phenoxy) is 1. The van der Waals surface area contributed by atoms with Crippen LogP contribution >= 0.6 is 0 Å². The first-order chi connectivity index (χ1) is 9.25. The number of esters is 1. The Bertz CT molecular complexity index is 540. The van der Waals surface area contributed by atoms with E-state index in [1.807, 2.05) is 0 Å². The highest BCUT2D eigenvalue weighted by Crippen LogP contribution is 2.19. The lowest BCUT2D eigenvalue weighted by Crippen LogP contribution is -2.25. The minimum absolute atomic E-state index is 0.0885. The molecule has 0 spiro atoms. The molecule has 1 heterocycles. The molecule has 0 unspecified atom stereocenters. The summed E-state index contributed by atoms with van der Waals surface area (Å²) in [5.41, 5.74) is -0.419. The van der Waals surface area contributed by atoms with E-state index in [1.165, 1.54) is 0 Å². The van der Waals surface area contributed by atoms with Crippen molar-refractivity contribution in [1.82, 2.24) is 4.98 Å². The zero-order valence-corrected chi connectivity index (χ0v) is 10.4. The van der Waals surface area contributed by atoms with Crippen LogP contribution in [0.1, 0.15) is 34.2 Å². The van der Waals surface area contributed by atoms with Crippen molar-refractivity contribution in [3.05, 3.63) is 29.6 Å². The van der Waals surface area contributed by atoms with E-state index < -0.39 is 30.1 Å². The Hall–Kier alpha value is -2.25. The van der Waals surface area contributed by atoms with Crippen LogP contribution in [0.15, 0.2) is 18.3 Å². The highest BCUT2D eigenvalue weighted by atomic mass is 19.4. The van der Waals surface area contributed by atoms with Gasteiger partial charge in [-0.2, -0.15) is 13.2 Å². The highest BCUT2D eigenvalue weighted by Gasteiger charge is 2.39. The number of ketones is 2. The maximum atomic E-state index is 12.0. The van der Waals surface area contributed by atoms with Gasteiger partial charge in [-0.3, -0.25) is 9.59 Å². The lowest BCUT2D eigenvalue weighted by atomic mass is 10.1. The molecule has 20 heavy (non-hydrogen) atoms. The normalized spacial score (nSPS) is 11.0. The van der Waals surface area contributed by atoms with Gasteiger partial charge in [0.05, 0.1) is 13.0 Å². The lowest BCUT2D eigenvalue weighted by molar-refractivity contribution is -0.170. The van der Waals surface area contributed by atoms with Crippen molar-refractivity contribution in [2.75, 3.05) is 6.61 Å². The number of nitrogens with zero attached hydrogens (tertiary/aromatic N) is 1. The molecule has 0 N–H and O–H groups in total. The number of alkyl halides is 3. The monoisotopic (exact) mass is 289 g/mol. The second kappa shape index (κ2) is 6.27. The van der Waals surface area contributed by atoms with E-state index in [9.17, 15) is 27.6 Å². The van der Waals surface area contributed by atoms with Crippen LogP contribution in [0, 0.1) is 0 Å². The Morgan fingerprint density at radius 3 is 2.50 bits per heavy atom. The van der Waals surface area contributed by atoms with Gasteiger partial charge < -0.3 is 4.74 Å². The number of halogens is 3. The van der Waals surface area contributed by atoms with Crippen molar-refractivity contribution in [3.8, 4) is 0 Å². The molecule has 8 heteroatoms. The average molecular weight is 289 g/mol. The molecule has 108 valence electrons. The van der Waals surface area contributed by atoms with E-state index in [1.54, 1.807) is 6.92 Å². The van der Waals surface area contributed by atoms with Crippen LogP contribution < -0.4 is 0 Å². The number of pyridine rings is 1. The van der Waals surface area contributed by atoms with Crippen molar-refractivity contribution in [2.24, 2.45) is 0 Å². The molecule has 0 amide bonds. The van der Waals surface area contributed by atoms with Gasteiger partial charge in [0.15, 0.2) is 5.78 Å². The summed E-state index contributed by atoms with van der Waals surface area (Å²) >= 11 is 0. The minimum Gasteiger partial charge on any atom is -0.461 e. The number of carbonyl (C=O) groups is 3. The Morgan fingerprint density at radius 1 is 1.30 bits per heavy atom. The van der Waals surface area contributed by atoms with E-state index in [4.69, 9.17) is 0 Å². The van der Waals surface area contributed by atoms with Crippen LogP contribution in [0.5, 0.6) is 0 Å². The van der Waals surface area contributed by atoms with Crippen LogP contribution in [0.3, 0.4) is 0 Å². The van der Waals surface area contributed by atoms with E-state index in [0.717, 1.165) is 18.3 Å². The van der Waals surface area contributed by atoms with Crippen LogP contribution in [0.2, 0.25) is 0 Å². The molecule has 0 fully saturated rings. The van der Waals surface area contributed by atoms with Gasteiger partial charge >= 0.3 is 12.1 Å². The SMILES string of the molecule is CCOC(=O)c1cc(C(=O)CC(=O)C(F)(F)F)ccn1. The maximum Gasteiger partial charge on any atom is 0.450 e. The third-order valence-corrected chi connectivity index (χ3v) is 2.20. The van der Waals surface area contributed by atoms with Crippen molar-refractivity contribution in [1.29, 1.82) is 0 Å². The number of carbonyl (C=O) groups excluding carboxylic acids is 3. The average Bonchev–Trinajstić information content (AvgIpc) is 2.38. The highest BCUT2D eigenvalue weighted by molar-refractivity contribution is 6.10. The second-order valence-corrected chi connectivity index (χ2v) is 3.67. The van der Waals surface area contributed by atoms with Gasteiger partial charge in [0.25, 0.3) is 0 Å². The predicted octanol–water partition coefficient (Wildman–Crippen LogP) is 1.96. The first kappa shape index (κ1) is 15.8. The third kappa shape index (κ3) is 4.15. The topological polar surface area (TPSA) is 73.3 Å². The van der Waals surface area contributed by atoms with E-state index in [-0.39, 0.29) is 17.9 Å². The van der Waals surface area contributed by atoms with Crippen molar-refractivity contribution in [3.63, 3.8) is 0 Å². The molecule has 0 aliphatic carbocycles. The number of aromatic nitrogens is 1. The summed E-state index contributed by atoms with van der Waals surface area (Å²) < 4.78 is 40.8. The molecule has 5 nitrogen and oxygen atoms in total. The summed E-state index contributed by atoms with van der Waals surface area (Å²) in [4.78, 5) is 37.2. The molecule has 0 radical (unpaired) electrons. The number of Topliss-reactive ketones (excluding diaryl/α,β-unsaturated/α-hetero) is 2. The molecule has 1 aromatic heterocycles. The van der Waals surface area contributed by atoms with Crippen molar-refractivity contribution >= 4 is 17.5 Å². The largest absolute Gasteiger partial charge is 0.461 e. The molecule has 0 aromatic carbocycles. The smallest absolute Gasteiger partial charge is 0.450 e. The van der Waals surface area contributed by atoms with Gasteiger partial charge in [0, 0.05) is 11.8 Å². The summed E-state index contributed by atoms with van der Waals surface area (Å²) in [6.07, 6.45) is -5.29. The van der Waals surface area contributed by atoms with Crippen LogP contribution in [0.4, 0.5) is 13.2 Å². The Balaban J connectivity index is 2.87. The first-order valence-electron chi connectivity index (χ1n) is 5.52. The van der Waals surface area contributed by atoms with E-state index in [0.29, 0.717) is 0 Å². The Labute approximate surface area is 111 Å². The van der Waals surface area contributed by atoms with Gasteiger partial charge in [-0.25, -0.2) is 9.78 Å². The molecule has 0 saturated heterocycles. The molecule has 0 bridgehead atoms. The summed E-state index contributed by atoms with van der Waals surface area (Å²) in [6, 6.07) is 2.11. The molecule has 0 atom stereocenters. The van der Waals surface area contributed by atoms with Crippen LogP contribution in [-0.2, 0) is 9.53 Å². The van der Waals surface area contributed by atoms with Gasteiger partial charge in [0.1, 0.15) is 5.69 Å². The molecule has 0 aliphatic rings. The fraction of sp³-hybridized carbons (Fsp3) is 0.333. The van der Waals surface area contributed by atoms with Crippen LogP contribution in [-0.4, -0.2) is 35.3 Å². The third-order valence-electron chi connectivity index (χ3n) is 2.20. The summed E-state index contributed by atoms with van der Waals surface area (Å²) in [5.74, 6) is -3.98. The molecule has 0 saturated carbocycles. The van der Waals surface area contributed by atoms with Crippen molar-refractivity contribution < 1.29 is 32.3 Å². The fourth-order valence-electron chi connectivity index (χ4n) is 1.27. The summed E-state index contributed by atoms with van der Waals surface area (Å²) in [7, 11) is 0. The molecular weight excluding hydrogens is 279 g/mol. The van der Waals surface area contributed by atoms with Gasteiger partial charge in [0.2, 0.25) is 5.78 Å². The summed E-state index contributed by atoms with van der Waals surface area (Å²) in [6.45, 7) is 1.65. The zero-order valence-electron chi connectivity index (χ0n) is 10.4. The quantitative estimate of drug-likeness (QED) is 0.470. The molecule has 1 rings (SSSR count). The standard InChI is InChI=1S/C12H10F3NO4/c1-2-20-11(19)8-5-7(3-4-16-8)9(17)6-10(18)12(13,14)15/h3-5H,2,6H2,1H3. The lowest BCUT2D eigenvalue weighted by Gasteiger charge is -2.05. The number of hydrogen-bond donors (Lipinski definition) is 0. The zero-order chi connectivity index (χ0) is 15.3. The van der Waals surface area contributed by atoms with Gasteiger partial charge in [-0.15, -0.1) is 0 Å². The maximum absolute atomic E-state index is 12.0. The number of rotatable bonds is 5. The van der Waals surface area contributed by atoms with Gasteiger partial charge in [-0.05, 0) is 19.1 Å². The van der Waals surface area contributed by atoms with E-state index >= 15 is 0 Å². The second-order valence-electron chi connectivity index (χ2n) is 3.67. The van der Waals surface area contributed by atoms with E-state index in [2.05, 4.69) is 9.72 Å². The van der Waals surface area contributed by atoms with Crippen molar-refractivity contribution in [2.45, 2.75) is 19.5 Å². The van der Waals surface area contributed by atoms with Gasteiger partial charge in [-0.1, -0.05) is 0 Å². The molecular formula is C12H10F3NO4. The molecule has 0 aliphatic heterocycles. The predicted molar refractivity (Wildman–Crippen MR) is 60.2 cm³/mol. The first-order valence-corrected chi connectivity index (χ1v) is 5.52.